The van der Waals surface area contributed by atoms with Gasteiger partial charge in [0.15, 0.2) is 5.03 Å². The van der Waals surface area contributed by atoms with Gasteiger partial charge in [-0.1, -0.05) is 20.8 Å². The Hall–Kier alpha value is -0.900. The maximum atomic E-state index is 12.5. The zero-order valence-corrected chi connectivity index (χ0v) is 16.5. The lowest BCUT2D eigenvalue weighted by molar-refractivity contribution is 0.0570. The third-order valence-corrected chi connectivity index (χ3v) is 4.64. The topological polar surface area (TPSA) is 85.4 Å². The highest BCUT2D eigenvalue weighted by atomic mass is 127. The molecule has 0 atom stereocenters. The second-order valence-electron chi connectivity index (χ2n) is 6.83. The van der Waals surface area contributed by atoms with Crippen molar-refractivity contribution >= 4 is 38.7 Å². The molecule has 22 heavy (non-hydrogen) atoms. The van der Waals surface area contributed by atoms with Gasteiger partial charge in [0.25, 0.3) is 10.0 Å². The Morgan fingerprint density at radius 1 is 1.23 bits per heavy atom. The number of hydrogen-bond donors (Lipinski definition) is 1. The first kappa shape index (κ1) is 19.1. The van der Waals surface area contributed by atoms with Crippen molar-refractivity contribution in [1.82, 2.24) is 9.71 Å². The van der Waals surface area contributed by atoms with Crippen LogP contribution in [0, 0.1) is 3.57 Å². The van der Waals surface area contributed by atoms with E-state index in [1.807, 2.05) is 25.5 Å². The monoisotopic (exact) mass is 440 g/mol. The van der Waals surface area contributed by atoms with Gasteiger partial charge in [-0.3, -0.25) is 0 Å². The number of ether oxygens (including phenoxy) is 1. The molecule has 0 aliphatic carbocycles. The molecule has 0 fully saturated rings. The van der Waals surface area contributed by atoms with Crippen LogP contribution in [0.25, 0.3) is 0 Å². The van der Waals surface area contributed by atoms with Crippen LogP contribution in [0.4, 0.5) is 4.79 Å². The minimum atomic E-state index is -4.11. The summed E-state index contributed by atoms with van der Waals surface area (Å²) in [6.07, 6.45) is 0.383. The van der Waals surface area contributed by atoms with Gasteiger partial charge in [0.2, 0.25) is 0 Å². The lowest BCUT2D eigenvalue weighted by Gasteiger charge is -2.24. The first-order chi connectivity index (χ1) is 9.74. The van der Waals surface area contributed by atoms with Crippen molar-refractivity contribution in [2.45, 2.75) is 57.6 Å². The smallest absolute Gasteiger partial charge is 0.421 e. The van der Waals surface area contributed by atoms with Crippen LogP contribution in [0.15, 0.2) is 17.3 Å². The number of carbonyl (C=O) groups excluding carboxylic acids is 1. The lowest BCUT2D eigenvalue weighted by atomic mass is 9.88. The van der Waals surface area contributed by atoms with E-state index in [1.54, 1.807) is 26.8 Å². The Morgan fingerprint density at radius 3 is 2.23 bits per heavy atom. The number of amides is 1. The number of sulfonamides is 1. The molecule has 0 unspecified atom stereocenters. The number of rotatable bonds is 2. The van der Waals surface area contributed by atoms with Crippen molar-refractivity contribution in [1.29, 1.82) is 0 Å². The Kier molecular flexibility index (Phi) is 5.49. The fourth-order valence-corrected chi connectivity index (χ4v) is 4.41. The summed E-state index contributed by atoms with van der Waals surface area (Å²) in [5.74, 6) is 0. The quantitative estimate of drug-likeness (QED) is 0.715. The number of carbonyl (C=O) groups is 1. The molecule has 1 N–H and O–H groups in total. The average Bonchev–Trinajstić information content (AvgIpc) is 2.22. The van der Waals surface area contributed by atoms with Crippen LogP contribution < -0.4 is 4.72 Å². The van der Waals surface area contributed by atoms with Crippen molar-refractivity contribution in [3.63, 3.8) is 0 Å². The van der Waals surface area contributed by atoms with Crippen molar-refractivity contribution in [2.75, 3.05) is 0 Å². The first-order valence-corrected chi connectivity index (χ1v) is 9.21. The molecule has 1 heterocycles. The van der Waals surface area contributed by atoms with E-state index < -0.39 is 27.1 Å². The Labute approximate surface area is 145 Å². The molecule has 0 saturated heterocycles. The van der Waals surface area contributed by atoms with Gasteiger partial charge in [0, 0.05) is 15.3 Å². The highest BCUT2D eigenvalue weighted by Gasteiger charge is 2.31. The maximum Gasteiger partial charge on any atom is 0.421 e. The summed E-state index contributed by atoms with van der Waals surface area (Å²) in [5.41, 5.74) is -0.667. The summed E-state index contributed by atoms with van der Waals surface area (Å²) in [6.45, 7) is 10.6. The van der Waals surface area contributed by atoms with Crippen molar-refractivity contribution < 1.29 is 17.9 Å². The molecule has 1 amide bonds. The number of pyridine rings is 1. The zero-order valence-electron chi connectivity index (χ0n) is 13.5. The molecule has 0 saturated carbocycles. The van der Waals surface area contributed by atoms with Crippen molar-refractivity contribution in [3.05, 3.63) is 21.4 Å². The summed E-state index contributed by atoms with van der Waals surface area (Å²) in [6, 6.07) is 1.73. The van der Waals surface area contributed by atoms with Gasteiger partial charge in [0.1, 0.15) is 5.60 Å². The van der Waals surface area contributed by atoms with Crippen molar-refractivity contribution in [3.8, 4) is 0 Å². The van der Waals surface area contributed by atoms with Crippen molar-refractivity contribution in [2.24, 2.45) is 0 Å². The second kappa shape index (κ2) is 6.31. The number of hydrogen-bond acceptors (Lipinski definition) is 5. The van der Waals surface area contributed by atoms with Gasteiger partial charge in [0.05, 0.1) is 0 Å². The van der Waals surface area contributed by atoms with Crippen LogP contribution in [0.2, 0.25) is 0 Å². The Bertz CT molecular complexity index is 673. The molecule has 0 aliphatic heterocycles. The minimum absolute atomic E-state index is 0.155. The molecule has 0 spiro atoms. The summed E-state index contributed by atoms with van der Waals surface area (Å²) in [5, 5.41) is -0.155. The third-order valence-electron chi connectivity index (χ3n) is 2.49. The molecule has 0 aliphatic rings. The predicted octanol–water partition coefficient (Wildman–Crippen LogP) is 3.20. The third kappa shape index (κ3) is 5.08. The van der Waals surface area contributed by atoms with Crippen LogP contribution >= 0.6 is 22.6 Å². The summed E-state index contributed by atoms with van der Waals surface area (Å²) < 4.78 is 32.6. The summed E-state index contributed by atoms with van der Waals surface area (Å²) in [7, 11) is -4.11. The van der Waals surface area contributed by atoms with Crippen LogP contribution in [0.5, 0.6) is 0 Å². The standard InChI is InChI=1S/C14H21IN2O4S/c1-13(2,3)10-9(15)7-8-16-11(10)22(19,20)17-12(18)21-14(4,5)6/h7-8H,1-6H3,(H,17,18). The van der Waals surface area contributed by atoms with E-state index in [0.29, 0.717) is 5.56 Å². The molecule has 1 aromatic heterocycles. The second-order valence-corrected chi connectivity index (χ2v) is 9.59. The van der Waals surface area contributed by atoms with Crippen LogP contribution in [-0.2, 0) is 20.2 Å². The van der Waals surface area contributed by atoms with Gasteiger partial charge in [-0.05, 0) is 54.8 Å². The van der Waals surface area contributed by atoms with Gasteiger partial charge in [-0.2, -0.15) is 8.42 Å². The molecule has 1 rings (SSSR count). The van der Waals surface area contributed by atoms with E-state index in [4.69, 9.17) is 4.74 Å². The fourth-order valence-electron chi connectivity index (χ4n) is 1.76. The van der Waals surface area contributed by atoms with E-state index >= 15 is 0 Å². The molecule has 6 nitrogen and oxygen atoms in total. The van der Waals surface area contributed by atoms with E-state index in [9.17, 15) is 13.2 Å². The lowest BCUT2D eigenvalue weighted by Crippen LogP contribution is -2.37. The van der Waals surface area contributed by atoms with Gasteiger partial charge >= 0.3 is 6.09 Å². The normalized spacial score (nSPS) is 12.9. The molecule has 1 aromatic rings. The zero-order chi connectivity index (χ0) is 17.3. The molecule has 0 bridgehead atoms. The highest BCUT2D eigenvalue weighted by Crippen LogP contribution is 2.31. The Balaban J connectivity index is 3.26. The number of nitrogens with one attached hydrogen (secondary N) is 1. The Morgan fingerprint density at radius 2 is 1.77 bits per heavy atom. The maximum absolute atomic E-state index is 12.5. The van der Waals surface area contributed by atoms with E-state index in [-0.39, 0.29) is 5.03 Å². The first-order valence-electron chi connectivity index (χ1n) is 6.65. The predicted molar refractivity (Wildman–Crippen MR) is 92.2 cm³/mol. The number of aromatic nitrogens is 1. The molecular weight excluding hydrogens is 419 g/mol. The fraction of sp³-hybridized carbons (Fsp3) is 0.571. The highest BCUT2D eigenvalue weighted by molar-refractivity contribution is 14.1. The molecular formula is C14H21IN2O4S. The van der Waals surface area contributed by atoms with Gasteiger partial charge in [-0.25, -0.2) is 14.5 Å². The number of nitrogens with zero attached hydrogens (tertiary/aromatic N) is 1. The summed E-state index contributed by atoms with van der Waals surface area (Å²) in [4.78, 5) is 15.7. The van der Waals surface area contributed by atoms with Crippen LogP contribution in [0.3, 0.4) is 0 Å². The molecule has 8 heteroatoms. The SMILES string of the molecule is CC(C)(C)OC(=O)NS(=O)(=O)c1nccc(I)c1C(C)(C)C. The van der Waals surface area contributed by atoms with E-state index in [1.165, 1.54) is 6.20 Å². The summed E-state index contributed by atoms with van der Waals surface area (Å²) >= 11 is 2.06. The minimum Gasteiger partial charge on any atom is -0.443 e. The van der Waals surface area contributed by atoms with E-state index in [2.05, 4.69) is 27.6 Å². The van der Waals surface area contributed by atoms with Crippen LogP contribution in [0.1, 0.15) is 47.1 Å². The van der Waals surface area contributed by atoms with Gasteiger partial charge in [-0.15, -0.1) is 0 Å². The van der Waals surface area contributed by atoms with E-state index in [0.717, 1.165) is 3.57 Å². The van der Waals surface area contributed by atoms with Crippen LogP contribution in [-0.4, -0.2) is 25.1 Å². The number of halogens is 1. The molecule has 0 aromatic carbocycles. The molecule has 0 radical (unpaired) electrons. The average molecular weight is 440 g/mol. The molecule has 124 valence electrons. The van der Waals surface area contributed by atoms with Gasteiger partial charge < -0.3 is 4.74 Å². The largest absolute Gasteiger partial charge is 0.443 e.